The minimum atomic E-state index is -4.62. The average Bonchev–Trinajstić information content (AvgIpc) is 2.29. The standard InChI is InChI=1S/C6H4F3NO2/c1-2-3-4(6(7,8)9)10-12-5(3)11/h2,10H,1H2. The van der Waals surface area contributed by atoms with Crippen LogP contribution in [-0.4, -0.2) is 5.16 Å². The van der Waals surface area contributed by atoms with Gasteiger partial charge in [-0.15, -0.1) is 0 Å². The average molecular weight is 179 g/mol. The van der Waals surface area contributed by atoms with Gasteiger partial charge in [-0.3, -0.25) is 0 Å². The van der Waals surface area contributed by atoms with Crippen LogP contribution in [0.5, 0.6) is 0 Å². The Morgan fingerprint density at radius 2 is 2.08 bits per heavy atom. The Morgan fingerprint density at radius 3 is 2.42 bits per heavy atom. The van der Waals surface area contributed by atoms with Gasteiger partial charge in [-0.1, -0.05) is 12.7 Å². The third-order valence-corrected chi connectivity index (χ3v) is 1.22. The van der Waals surface area contributed by atoms with Gasteiger partial charge in [0.15, 0.2) is 5.69 Å². The second-order valence-corrected chi connectivity index (χ2v) is 1.98. The molecule has 0 aliphatic heterocycles. The minimum absolute atomic E-state index is 0.595. The molecule has 3 nitrogen and oxygen atoms in total. The molecule has 66 valence electrons. The van der Waals surface area contributed by atoms with Gasteiger partial charge in [0.25, 0.3) is 0 Å². The molecule has 0 saturated heterocycles. The van der Waals surface area contributed by atoms with E-state index in [2.05, 4.69) is 11.1 Å². The number of aromatic nitrogens is 1. The number of nitrogens with one attached hydrogen (secondary N) is 1. The summed E-state index contributed by atoms with van der Waals surface area (Å²) in [4.78, 5) is 10.5. The quantitative estimate of drug-likeness (QED) is 0.712. The van der Waals surface area contributed by atoms with E-state index >= 15 is 0 Å². The van der Waals surface area contributed by atoms with Crippen LogP contribution in [0.15, 0.2) is 15.9 Å². The lowest BCUT2D eigenvalue weighted by Crippen LogP contribution is -2.09. The van der Waals surface area contributed by atoms with E-state index in [1.54, 1.807) is 0 Å². The Kier molecular flexibility index (Phi) is 1.83. The summed E-state index contributed by atoms with van der Waals surface area (Å²) in [6, 6.07) is 0. The number of aromatic amines is 1. The molecule has 12 heavy (non-hydrogen) atoms. The predicted molar refractivity (Wildman–Crippen MR) is 34.4 cm³/mol. The van der Waals surface area contributed by atoms with Gasteiger partial charge in [0.05, 0.1) is 5.56 Å². The van der Waals surface area contributed by atoms with Crippen molar-refractivity contribution in [3.05, 3.63) is 28.3 Å². The van der Waals surface area contributed by atoms with Gasteiger partial charge in [0.2, 0.25) is 0 Å². The van der Waals surface area contributed by atoms with Crippen molar-refractivity contribution < 1.29 is 17.7 Å². The Labute approximate surface area is 64.5 Å². The number of H-pyrrole nitrogens is 1. The fourth-order valence-corrected chi connectivity index (χ4v) is 0.705. The SMILES string of the molecule is C=Cc1c(C(F)(F)F)[nH]oc1=O. The van der Waals surface area contributed by atoms with Crippen LogP contribution in [0, 0.1) is 0 Å². The Morgan fingerprint density at radius 1 is 1.50 bits per heavy atom. The van der Waals surface area contributed by atoms with Gasteiger partial charge in [0.1, 0.15) is 0 Å². The highest BCUT2D eigenvalue weighted by Gasteiger charge is 2.36. The van der Waals surface area contributed by atoms with E-state index < -0.39 is 23.1 Å². The van der Waals surface area contributed by atoms with E-state index in [9.17, 15) is 18.0 Å². The number of hydrogen-bond donors (Lipinski definition) is 1. The molecule has 0 saturated carbocycles. The van der Waals surface area contributed by atoms with Gasteiger partial charge in [-0.05, 0) is 0 Å². The van der Waals surface area contributed by atoms with Crippen molar-refractivity contribution in [3.8, 4) is 0 Å². The molecule has 0 radical (unpaired) electrons. The molecule has 1 rings (SSSR count). The normalized spacial score (nSPS) is 11.6. The summed E-state index contributed by atoms with van der Waals surface area (Å²) >= 11 is 0. The first-order valence-electron chi connectivity index (χ1n) is 2.88. The lowest BCUT2D eigenvalue weighted by Gasteiger charge is -2.01. The van der Waals surface area contributed by atoms with Crippen LogP contribution in [0.1, 0.15) is 11.3 Å². The molecule has 1 aromatic heterocycles. The second kappa shape index (κ2) is 2.54. The lowest BCUT2D eigenvalue weighted by atomic mass is 10.2. The zero-order valence-corrected chi connectivity index (χ0v) is 5.73. The number of hydrogen-bond acceptors (Lipinski definition) is 2. The predicted octanol–water partition coefficient (Wildman–Crippen LogP) is 1.63. The molecule has 0 atom stereocenters. The number of rotatable bonds is 1. The fraction of sp³-hybridized carbons (Fsp3) is 0.167. The monoisotopic (exact) mass is 179 g/mol. The van der Waals surface area contributed by atoms with Crippen molar-refractivity contribution in [2.75, 3.05) is 0 Å². The molecule has 6 heteroatoms. The van der Waals surface area contributed by atoms with Crippen LogP contribution in [-0.2, 0) is 6.18 Å². The molecule has 1 aromatic rings. The maximum atomic E-state index is 12.0. The topological polar surface area (TPSA) is 46.0 Å². The van der Waals surface area contributed by atoms with E-state index in [0.717, 1.165) is 6.08 Å². The van der Waals surface area contributed by atoms with Gasteiger partial charge >= 0.3 is 11.8 Å². The Balaban J connectivity index is 3.35. The largest absolute Gasteiger partial charge is 0.434 e. The van der Waals surface area contributed by atoms with E-state index in [4.69, 9.17) is 0 Å². The third kappa shape index (κ3) is 1.27. The van der Waals surface area contributed by atoms with Crippen molar-refractivity contribution >= 4 is 6.08 Å². The molecule has 0 aliphatic rings. The molecule has 0 amide bonds. The van der Waals surface area contributed by atoms with E-state index in [0.29, 0.717) is 0 Å². The summed E-state index contributed by atoms with van der Waals surface area (Å²) in [7, 11) is 0. The van der Waals surface area contributed by atoms with Crippen molar-refractivity contribution in [1.29, 1.82) is 0 Å². The molecule has 0 unspecified atom stereocenters. The van der Waals surface area contributed by atoms with E-state index in [1.165, 1.54) is 5.16 Å². The van der Waals surface area contributed by atoms with Crippen molar-refractivity contribution in [3.63, 3.8) is 0 Å². The summed E-state index contributed by atoms with van der Waals surface area (Å²) < 4.78 is 39.9. The van der Waals surface area contributed by atoms with Crippen molar-refractivity contribution in [2.24, 2.45) is 0 Å². The molecule has 1 heterocycles. The van der Waals surface area contributed by atoms with Gasteiger partial charge in [0, 0.05) is 0 Å². The summed E-state index contributed by atoms with van der Waals surface area (Å²) in [6.07, 6.45) is -3.82. The van der Waals surface area contributed by atoms with Gasteiger partial charge < -0.3 is 4.52 Å². The van der Waals surface area contributed by atoms with Gasteiger partial charge in [-0.2, -0.15) is 13.2 Å². The minimum Gasteiger partial charge on any atom is -0.338 e. The second-order valence-electron chi connectivity index (χ2n) is 1.98. The summed E-state index contributed by atoms with van der Waals surface area (Å²) in [5, 5.41) is 1.48. The number of halogens is 3. The van der Waals surface area contributed by atoms with Crippen LogP contribution in [0.4, 0.5) is 13.2 Å². The molecule has 0 bridgehead atoms. The summed E-state index contributed by atoms with van der Waals surface area (Å²) in [5.74, 6) is 0. The highest BCUT2D eigenvalue weighted by molar-refractivity contribution is 5.48. The molecule has 0 fully saturated rings. The zero-order chi connectivity index (χ0) is 9.35. The van der Waals surface area contributed by atoms with Crippen molar-refractivity contribution in [2.45, 2.75) is 6.18 Å². The fourth-order valence-electron chi connectivity index (χ4n) is 0.705. The van der Waals surface area contributed by atoms with Crippen LogP contribution < -0.4 is 5.63 Å². The van der Waals surface area contributed by atoms with Crippen molar-refractivity contribution in [1.82, 2.24) is 5.16 Å². The zero-order valence-electron chi connectivity index (χ0n) is 5.73. The first kappa shape index (κ1) is 8.63. The molecule has 0 aliphatic carbocycles. The molecule has 0 aromatic carbocycles. The molecule has 0 spiro atoms. The first-order valence-corrected chi connectivity index (χ1v) is 2.88. The Bertz CT molecular complexity index is 346. The van der Waals surface area contributed by atoms with Crippen LogP contribution in [0.25, 0.3) is 6.08 Å². The first-order chi connectivity index (χ1) is 5.46. The maximum Gasteiger partial charge on any atom is 0.434 e. The van der Waals surface area contributed by atoms with Crippen LogP contribution in [0.3, 0.4) is 0 Å². The molecular formula is C6H4F3NO2. The lowest BCUT2D eigenvalue weighted by molar-refractivity contribution is -0.142. The maximum absolute atomic E-state index is 12.0. The van der Waals surface area contributed by atoms with Crippen LogP contribution in [0.2, 0.25) is 0 Å². The van der Waals surface area contributed by atoms with E-state index in [-0.39, 0.29) is 0 Å². The number of alkyl halides is 3. The van der Waals surface area contributed by atoms with Gasteiger partial charge in [-0.25, -0.2) is 9.95 Å². The summed E-state index contributed by atoms with van der Waals surface area (Å²) in [5.41, 5.74) is -2.87. The van der Waals surface area contributed by atoms with Crippen LogP contribution >= 0.6 is 0 Å². The highest BCUT2D eigenvalue weighted by atomic mass is 19.4. The highest BCUT2D eigenvalue weighted by Crippen LogP contribution is 2.29. The molecular weight excluding hydrogens is 175 g/mol. The molecule has 1 N–H and O–H groups in total. The smallest absolute Gasteiger partial charge is 0.338 e. The van der Waals surface area contributed by atoms with E-state index in [1.807, 2.05) is 0 Å². The summed E-state index contributed by atoms with van der Waals surface area (Å²) in [6.45, 7) is 3.06. The third-order valence-electron chi connectivity index (χ3n) is 1.22. The Hall–Kier alpha value is -1.46.